The number of hydrogen-bond donors (Lipinski definition) is 1. The van der Waals surface area contributed by atoms with E-state index in [4.69, 9.17) is 0 Å². The van der Waals surface area contributed by atoms with E-state index in [9.17, 15) is 9.59 Å². The minimum atomic E-state index is -0.0975. The van der Waals surface area contributed by atoms with Crippen LogP contribution in [0.2, 0.25) is 0 Å². The first-order valence-corrected chi connectivity index (χ1v) is 9.15. The number of fused-ring (bicyclic) bond motifs is 1. The fourth-order valence-electron chi connectivity index (χ4n) is 2.86. The third-order valence-corrected chi connectivity index (χ3v) is 5.14. The van der Waals surface area contributed by atoms with Crippen LogP contribution in [0.1, 0.15) is 30.1 Å². The Morgan fingerprint density at radius 3 is 2.96 bits per heavy atom. The molecule has 0 saturated carbocycles. The summed E-state index contributed by atoms with van der Waals surface area (Å²) < 4.78 is 1.65. The number of thioether (sulfide) groups is 1. The lowest BCUT2D eigenvalue weighted by atomic mass is 10.1. The van der Waals surface area contributed by atoms with E-state index < -0.39 is 0 Å². The highest BCUT2D eigenvalue weighted by molar-refractivity contribution is 7.99. The Morgan fingerprint density at radius 1 is 1.38 bits per heavy atom. The Kier molecular flexibility index (Phi) is 5.35. The molecular weight excluding hydrogens is 322 g/mol. The number of aryl methyl sites for hydroxylation is 2. The van der Waals surface area contributed by atoms with Crippen molar-refractivity contribution < 1.29 is 4.79 Å². The average Bonchev–Trinajstić information content (AvgIpc) is 2.95. The van der Waals surface area contributed by atoms with Crippen LogP contribution in [0.25, 0.3) is 0 Å². The van der Waals surface area contributed by atoms with Crippen molar-refractivity contribution in [3.05, 3.63) is 58.0 Å². The smallest absolute Gasteiger partial charge is 0.254 e. The van der Waals surface area contributed by atoms with Gasteiger partial charge < -0.3 is 5.32 Å². The summed E-state index contributed by atoms with van der Waals surface area (Å²) in [6.07, 6.45) is 2.19. The lowest BCUT2D eigenvalue weighted by molar-refractivity contribution is -0.121. The molecule has 1 N–H and O–H groups in total. The molecule has 2 aromatic rings. The summed E-state index contributed by atoms with van der Waals surface area (Å²) >= 11 is 1.54. The predicted octanol–water partition coefficient (Wildman–Crippen LogP) is 2.34. The zero-order valence-electron chi connectivity index (χ0n) is 13.7. The normalized spacial score (nSPS) is 16.0. The number of rotatable bonds is 6. The monoisotopic (exact) mass is 343 g/mol. The number of amides is 1. The van der Waals surface area contributed by atoms with Gasteiger partial charge in [-0.25, -0.2) is 4.98 Å². The largest absolute Gasteiger partial charge is 0.356 e. The van der Waals surface area contributed by atoms with Crippen LogP contribution in [0, 0.1) is 6.92 Å². The number of carbonyl (C=O) groups is 1. The fourth-order valence-corrected chi connectivity index (χ4v) is 4.06. The third kappa shape index (κ3) is 4.06. The molecule has 6 heteroatoms. The van der Waals surface area contributed by atoms with Gasteiger partial charge in [0.15, 0.2) is 5.16 Å². The van der Waals surface area contributed by atoms with Crippen molar-refractivity contribution in [1.82, 2.24) is 14.9 Å². The number of hydrogen-bond acceptors (Lipinski definition) is 4. The maximum atomic E-state index is 12.1. The molecule has 0 radical (unpaired) electrons. The second-order valence-electron chi connectivity index (χ2n) is 6.00. The van der Waals surface area contributed by atoms with Crippen LogP contribution in [0.3, 0.4) is 0 Å². The molecule has 0 bridgehead atoms. The number of nitrogens with one attached hydrogen (secondary N) is 1. The fraction of sp³-hybridized carbons (Fsp3) is 0.389. The summed E-state index contributed by atoms with van der Waals surface area (Å²) in [5, 5.41) is 3.68. The lowest BCUT2D eigenvalue weighted by Gasteiger charge is -2.13. The Bertz CT molecular complexity index is 774. The Hall–Kier alpha value is -2.08. The summed E-state index contributed by atoms with van der Waals surface area (Å²) in [6, 6.07) is 11.7. The zero-order valence-corrected chi connectivity index (χ0v) is 14.5. The van der Waals surface area contributed by atoms with Gasteiger partial charge in [0.1, 0.15) is 0 Å². The van der Waals surface area contributed by atoms with Gasteiger partial charge in [0.05, 0.1) is 6.04 Å². The first kappa shape index (κ1) is 16.8. The summed E-state index contributed by atoms with van der Waals surface area (Å²) in [7, 11) is 0. The summed E-state index contributed by atoms with van der Waals surface area (Å²) in [5.41, 5.74) is 1.94. The van der Waals surface area contributed by atoms with E-state index in [1.807, 2.05) is 25.1 Å². The van der Waals surface area contributed by atoms with Crippen molar-refractivity contribution in [2.24, 2.45) is 0 Å². The van der Waals surface area contributed by atoms with Gasteiger partial charge >= 0.3 is 0 Å². The van der Waals surface area contributed by atoms with Gasteiger partial charge in [0, 0.05) is 30.5 Å². The van der Waals surface area contributed by atoms with Crippen LogP contribution in [-0.4, -0.2) is 27.8 Å². The molecular formula is C18H21N3O2S. The van der Waals surface area contributed by atoms with Crippen molar-refractivity contribution >= 4 is 17.7 Å². The summed E-state index contributed by atoms with van der Waals surface area (Å²) in [5.74, 6) is 0.720. The zero-order chi connectivity index (χ0) is 16.9. The Morgan fingerprint density at radius 2 is 2.17 bits per heavy atom. The van der Waals surface area contributed by atoms with Crippen LogP contribution < -0.4 is 10.9 Å². The van der Waals surface area contributed by atoms with Crippen LogP contribution >= 0.6 is 11.8 Å². The maximum absolute atomic E-state index is 12.1. The number of nitrogens with zero attached hydrogens (tertiary/aromatic N) is 2. The van der Waals surface area contributed by atoms with Crippen LogP contribution in [0.15, 0.2) is 46.3 Å². The number of benzene rings is 1. The van der Waals surface area contributed by atoms with E-state index >= 15 is 0 Å². The molecule has 0 saturated heterocycles. The SMILES string of the molecule is Cc1cc(=O)n2c(n1)SCC2CC(=O)NCCCc1ccccc1. The average molecular weight is 343 g/mol. The van der Waals surface area contributed by atoms with Gasteiger partial charge in [-0.05, 0) is 25.3 Å². The lowest BCUT2D eigenvalue weighted by Crippen LogP contribution is -2.31. The number of aromatic nitrogens is 2. The molecule has 1 atom stereocenters. The second-order valence-corrected chi connectivity index (χ2v) is 6.98. The Balaban J connectivity index is 1.48. The second kappa shape index (κ2) is 7.66. The highest BCUT2D eigenvalue weighted by Crippen LogP contribution is 2.31. The molecule has 0 fully saturated rings. The van der Waals surface area contributed by atoms with Gasteiger partial charge in [-0.3, -0.25) is 14.2 Å². The van der Waals surface area contributed by atoms with E-state index in [1.54, 1.807) is 16.3 Å². The predicted molar refractivity (Wildman–Crippen MR) is 95.4 cm³/mol. The van der Waals surface area contributed by atoms with E-state index in [-0.39, 0.29) is 17.5 Å². The maximum Gasteiger partial charge on any atom is 0.254 e. The molecule has 1 aliphatic rings. The Labute approximate surface area is 145 Å². The van der Waals surface area contributed by atoms with Crippen molar-refractivity contribution in [3.63, 3.8) is 0 Å². The molecule has 0 aliphatic carbocycles. The standard InChI is InChI=1S/C18H21N3O2S/c1-13-10-17(23)21-15(12-24-18(21)20-13)11-16(22)19-9-5-8-14-6-3-2-4-7-14/h2-4,6-7,10,15H,5,8-9,11-12H2,1H3,(H,19,22). The first-order chi connectivity index (χ1) is 11.6. The highest BCUT2D eigenvalue weighted by Gasteiger charge is 2.27. The van der Waals surface area contributed by atoms with E-state index in [0.29, 0.717) is 13.0 Å². The topological polar surface area (TPSA) is 64.0 Å². The van der Waals surface area contributed by atoms with Crippen molar-refractivity contribution in [2.75, 3.05) is 12.3 Å². The minimum absolute atomic E-state index is 0.00557. The summed E-state index contributed by atoms with van der Waals surface area (Å²) in [4.78, 5) is 28.6. The number of carbonyl (C=O) groups excluding carboxylic acids is 1. The van der Waals surface area contributed by atoms with Gasteiger partial charge in [-0.15, -0.1) is 0 Å². The van der Waals surface area contributed by atoms with Crippen molar-refractivity contribution in [2.45, 2.75) is 37.4 Å². The van der Waals surface area contributed by atoms with Gasteiger partial charge in [-0.1, -0.05) is 42.1 Å². The van der Waals surface area contributed by atoms with Crippen molar-refractivity contribution in [1.29, 1.82) is 0 Å². The van der Waals surface area contributed by atoms with Gasteiger partial charge in [0.2, 0.25) is 5.91 Å². The first-order valence-electron chi connectivity index (χ1n) is 8.17. The molecule has 24 heavy (non-hydrogen) atoms. The molecule has 1 unspecified atom stereocenters. The minimum Gasteiger partial charge on any atom is -0.356 e. The highest BCUT2D eigenvalue weighted by atomic mass is 32.2. The van der Waals surface area contributed by atoms with Crippen LogP contribution in [0.4, 0.5) is 0 Å². The van der Waals surface area contributed by atoms with Gasteiger partial charge in [0.25, 0.3) is 5.56 Å². The molecule has 0 spiro atoms. The van der Waals surface area contributed by atoms with E-state index in [2.05, 4.69) is 22.4 Å². The van der Waals surface area contributed by atoms with Crippen molar-refractivity contribution in [3.8, 4) is 0 Å². The molecule has 2 heterocycles. The molecule has 3 rings (SSSR count). The molecule has 5 nitrogen and oxygen atoms in total. The van der Waals surface area contributed by atoms with Crippen LogP contribution in [-0.2, 0) is 11.2 Å². The third-order valence-electron chi connectivity index (χ3n) is 4.05. The molecule has 1 aromatic heterocycles. The molecule has 1 aliphatic heterocycles. The van der Waals surface area contributed by atoms with E-state index in [1.165, 1.54) is 11.6 Å². The van der Waals surface area contributed by atoms with Gasteiger partial charge in [-0.2, -0.15) is 0 Å². The van der Waals surface area contributed by atoms with E-state index in [0.717, 1.165) is 29.4 Å². The molecule has 1 amide bonds. The molecule has 1 aromatic carbocycles. The quantitative estimate of drug-likeness (QED) is 0.646. The molecule has 126 valence electrons. The van der Waals surface area contributed by atoms with Crippen LogP contribution in [0.5, 0.6) is 0 Å². The summed E-state index contributed by atoms with van der Waals surface area (Å²) in [6.45, 7) is 2.47.